The number of anilines is 2. The zero-order valence-electron chi connectivity index (χ0n) is 15.6. The monoisotopic (exact) mass is 346 g/mol. The van der Waals surface area contributed by atoms with Gasteiger partial charge in [-0.05, 0) is 57.9 Å². The average Bonchev–Trinajstić information content (AvgIpc) is 2.55. The third-order valence-electron chi connectivity index (χ3n) is 5.47. The molecule has 0 bridgehead atoms. The topological polar surface area (TPSA) is 71.7 Å². The van der Waals surface area contributed by atoms with Crippen molar-refractivity contribution in [1.29, 1.82) is 0 Å². The highest BCUT2D eigenvalue weighted by Gasteiger charge is 2.39. The number of nitrogen functional groups attached to an aromatic ring is 1. The lowest BCUT2D eigenvalue weighted by atomic mass is 9.71. The molecule has 3 heterocycles. The van der Waals surface area contributed by atoms with Gasteiger partial charge in [-0.25, -0.2) is 4.79 Å². The minimum atomic E-state index is -0.429. The Kier molecular flexibility index (Phi) is 4.80. The molecule has 0 atom stereocenters. The van der Waals surface area contributed by atoms with Gasteiger partial charge in [-0.1, -0.05) is 0 Å². The number of hydrogen-bond acceptors (Lipinski definition) is 5. The van der Waals surface area contributed by atoms with Crippen LogP contribution < -0.4 is 10.6 Å². The highest BCUT2D eigenvalue weighted by Crippen LogP contribution is 2.42. The van der Waals surface area contributed by atoms with Crippen LogP contribution >= 0.6 is 0 Å². The van der Waals surface area contributed by atoms with Crippen LogP contribution in [0.15, 0.2) is 18.5 Å². The van der Waals surface area contributed by atoms with Gasteiger partial charge < -0.3 is 20.3 Å². The number of aromatic nitrogens is 1. The van der Waals surface area contributed by atoms with Gasteiger partial charge in [-0.15, -0.1) is 0 Å². The Labute approximate surface area is 150 Å². The molecule has 2 fully saturated rings. The van der Waals surface area contributed by atoms with Crippen LogP contribution in [0.25, 0.3) is 0 Å². The Balaban J connectivity index is 1.54. The molecule has 138 valence electrons. The van der Waals surface area contributed by atoms with E-state index >= 15 is 0 Å². The van der Waals surface area contributed by atoms with Crippen molar-refractivity contribution >= 4 is 17.5 Å². The Hall–Kier alpha value is -1.98. The van der Waals surface area contributed by atoms with Crippen LogP contribution in [-0.4, -0.2) is 47.8 Å². The van der Waals surface area contributed by atoms with Crippen LogP contribution in [0.1, 0.15) is 46.5 Å². The summed E-state index contributed by atoms with van der Waals surface area (Å²) < 4.78 is 5.50. The van der Waals surface area contributed by atoms with E-state index in [1.54, 1.807) is 12.4 Å². The second-order valence-electron chi connectivity index (χ2n) is 8.39. The summed E-state index contributed by atoms with van der Waals surface area (Å²) in [6.07, 6.45) is 7.77. The normalized spacial score (nSPS) is 20.6. The van der Waals surface area contributed by atoms with Crippen molar-refractivity contribution in [2.75, 3.05) is 36.8 Å². The minimum Gasteiger partial charge on any atom is -0.444 e. The Morgan fingerprint density at radius 1 is 1.16 bits per heavy atom. The van der Waals surface area contributed by atoms with Crippen molar-refractivity contribution < 1.29 is 9.53 Å². The maximum Gasteiger partial charge on any atom is 0.410 e. The van der Waals surface area contributed by atoms with Gasteiger partial charge in [-0.2, -0.15) is 0 Å². The molecule has 1 aromatic rings. The molecule has 3 rings (SSSR count). The highest BCUT2D eigenvalue weighted by atomic mass is 16.6. The summed E-state index contributed by atoms with van der Waals surface area (Å²) in [6, 6.07) is 2.00. The molecule has 2 aliphatic heterocycles. The van der Waals surface area contributed by atoms with E-state index in [0.29, 0.717) is 5.41 Å². The standard InChI is InChI=1S/C19H30N4O2/c1-18(2,3)25-17(24)23-12-7-19(8-13-23)5-10-22(11-6-19)16-4-9-21-14-15(16)20/h4,9,14H,5-8,10-13,20H2,1-3H3. The van der Waals surface area contributed by atoms with Gasteiger partial charge in [0.1, 0.15) is 5.60 Å². The van der Waals surface area contributed by atoms with Crippen molar-refractivity contribution in [2.24, 2.45) is 5.41 Å². The third kappa shape index (κ3) is 4.17. The van der Waals surface area contributed by atoms with Gasteiger partial charge in [0.15, 0.2) is 0 Å². The van der Waals surface area contributed by atoms with Crippen LogP contribution in [0.3, 0.4) is 0 Å². The lowest BCUT2D eigenvalue weighted by molar-refractivity contribution is 0.00666. The van der Waals surface area contributed by atoms with Gasteiger partial charge >= 0.3 is 6.09 Å². The van der Waals surface area contributed by atoms with Gasteiger partial charge in [-0.3, -0.25) is 4.98 Å². The van der Waals surface area contributed by atoms with Crippen molar-refractivity contribution in [3.63, 3.8) is 0 Å². The summed E-state index contributed by atoms with van der Waals surface area (Å²) in [7, 11) is 0. The molecule has 0 aromatic carbocycles. The first-order valence-electron chi connectivity index (χ1n) is 9.20. The van der Waals surface area contributed by atoms with Gasteiger partial charge in [0, 0.05) is 32.4 Å². The number of nitrogens with two attached hydrogens (primary N) is 1. The molecule has 2 saturated heterocycles. The summed E-state index contributed by atoms with van der Waals surface area (Å²) in [6.45, 7) is 9.37. The van der Waals surface area contributed by atoms with Crippen molar-refractivity contribution in [1.82, 2.24) is 9.88 Å². The Morgan fingerprint density at radius 2 is 1.76 bits per heavy atom. The molecule has 0 radical (unpaired) electrons. The summed E-state index contributed by atoms with van der Waals surface area (Å²) in [4.78, 5) is 20.5. The quantitative estimate of drug-likeness (QED) is 0.845. The molecule has 25 heavy (non-hydrogen) atoms. The molecule has 1 spiro atoms. The SMILES string of the molecule is CC(C)(C)OC(=O)N1CCC2(CC1)CCN(c1ccncc1N)CC2. The van der Waals surface area contributed by atoms with Gasteiger partial charge in [0.2, 0.25) is 0 Å². The lowest BCUT2D eigenvalue weighted by Gasteiger charge is -2.47. The van der Waals surface area contributed by atoms with Gasteiger partial charge in [0.25, 0.3) is 0 Å². The number of pyridine rings is 1. The summed E-state index contributed by atoms with van der Waals surface area (Å²) in [5, 5.41) is 0. The molecule has 0 unspecified atom stereocenters. The first kappa shape index (κ1) is 17.8. The summed E-state index contributed by atoms with van der Waals surface area (Å²) in [5.74, 6) is 0. The fraction of sp³-hybridized carbons (Fsp3) is 0.684. The number of ether oxygens (including phenoxy) is 1. The molecule has 1 amide bonds. The zero-order valence-corrected chi connectivity index (χ0v) is 15.6. The number of rotatable bonds is 1. The number of likely N-dealkylation sites (tertiary alicyclic amines) is 1. The van der Waals surface area contributed by atoms with Crippen LogP contribution in [-0.2, 0) is 4.74 Å². The molecular formula is C19H30N4O2. The molecule has 6 nitrogen and oxygen atoms in total. The maximum atomic E-state index is 12.2. The third-order valence-corrected chi connectivity index (χ3v) is 5.47. The first-order valence-corrected chi connectivity index (χ1v) is 9.20. The molecule has 1 aromatic heterocycles. The van der Waals surface area contributed by atoms with Crippen molar-refractivity contribution in [3.8, 4) is 0 Å². The summed E-state index contributed by atoms with van der Waals surface area (Å²) in [5.41, 5.74) is 7.83. The maximum absolute atomic E-state index is 12.2. The largest absolute Gasteiger partial charge is 0.444 e. The number of carbonyl (C=O) groups is 1. The van der Waals surface area contributed by atoms with Crippen LogP contribution in [0.2, 0.25) is 0 Å². The van der Waals surface area contributed by atoms with E-state index in [0.717, 1.165) is 63.2 Å². The van der Waals surface area contributed by atoms with E-state index in [1.807, 2.05) is 31.7 Å². The van der Waals surface area contributed by atoms with E-state index in [-0.39, 0.29) is 6.09 Å². The van der Waals surface area contributed by atoms with Crippen molar-refractivity contribution in [3.05, 3.63) is 18.5 Å². The molecule has 0 aliphatic carbocycles. The number of carbonyl (C=O) groups excluding carboxylic acids is 1. The van der Waals surface area contributed by atoms with Crippen LogP contribution in [0.4, 0.5) is 16.2 Å². The van der Waals surface area contributed by atoms with Crippen LogP contribution in [0.5, 0.6) is 0 Å². The first-order chi connectivity index (χ1) is 11.8. The molecule has 0 saturated carbocycles. The fourth-order valence-electron chi connectivity index (χ4n) is 3.90. The van der Waals surface area contributed by atoms with E-state index < -0.39 is 5.60 Å². The fourth-order valence-corrected chi connectivity index (χ4v) is 3.90. The summed E-state index contributed by atoms with van der Waals surface area (Å²) >= 11 is 0. The number of nitrogens with zero attached hydrogens (tertiary/aromatic N) is 3. The van der Waals surface area contributed by atoms with E-state index in [1.165, 1.54) is 0 Å². The van der Waals surface area contributed by atoms with Gasteiger partial charge in [0.05, 0.1) is 17.6 Å². The Bertz CT molecular complexity index is 608. The highest BCUT2D eigenvalue weighted by molar-refractivity contribution is 5.68. The molecular weight excluding hydrogens is 316 g/mol. The lowest BCUT2D eigenvalue weighted by Crippen LogP contribution is -2.49. The average molecular weight is 346 g/mol. The van der Waals surface area contributed by atoms with E-state index in [2.05, 4.69) is 9.88 Å². The molecule has 2 aliphatic rings. The second-order valence-corrected chi connectivity index (χ2v) is 8.39. The van der Waals surface area contributed by atoms with E-state index in [9.17, 15) is 4.79 Å². The van der Waals surface area contributed by atoms with Crippen molar-refractivity contribution in [2.45, 2.75) is 52.1 Å². The Morgan fingerprint density at radius 3 is 2.32 bits per heavy atom. The van der Waals surface area contributed by atoms with E-state index in [4.69, 9.17) is 10.5 Å². The predicted molar refractivity (Wildman–Crippen MR) is 99.6 cm³/mol. The zero-order chi connectivity index (χ0) is 18.1. The number of hydrogen-bond donors (Lipinski definition) is 1. The smallest absolute Gasteiger partial charge is 0.410 e. The number of amides is 1. The minimum absolute atomic E-state index is 0.177. The molecule has 6 heteroatoms. The predicted octanol–water partition coefficient (Wildman–Crippen LogP) is 3.28. The number of piperidine rings is 2. The molecule has 2 N–H and O–H groups in total. The van der Waals surface area contributed by atoms with Crippen LogP contribution in [0, 0.1) is 5.41 Å². The second kappa shape index (κ2) is 6.73.